The van der Waals surface area contributed by atoms with Gasteiger partial charge >= 0.3 is 12.6 Å². The summed E-state index contributed by atoms with van der Waals surface area (Å²) < 4.78 is 34.0. The van der Waals surface area contributed by atoms with E-state index in [0.29, 0.717) is 5.75 Å². The van der Waals surface area contributed by atoms with Crippen LogP contribution in [0.3, 0.4) is 0 Å². The van der Waals surface area contributed by atoms with Crippen LogP contribution in [-0.4, -0.2) is 12.6 Å². The highest BCUT2D eigenvalue weighted by molar-refractivity contribution is 5.92. The summed E-state index contributed by atoms with van der Waals surface area (Å²) in [6.45, 7) is -2.94. The van der Waals surface area contributed by atoms with E-state index in [-0.39, 0.29) is 11.3 Å². The minimum Gasteiger partial charge on any atom is -0.435 e. The van der Waals surface area contributed by atoms with Crippen LogP contribution in [0.4, 0.5) is 8.78 Å². The number of hydrogen-bond donors (Lipinski definition) is 0. The summed E-state index contributed by atoms with van der Waals surface area (Å²) >= 11 is 0. The standard InChI is InChI=1S/C18H12F2O3/c19-18(20)23-15-7-3-6-14(11-15)17(21)22-16-9-8-12-4-1-2-5-13(12)10-16/h1-11,18H. The molecule has 0 unspecified atom stereocenters. The van der Waals surface area contributed by atoms with E-state index in [1.807, 2.05) is 30.3 Å². The van der Waals surface area contributed by atoms with Crippen LogP contribution in [0, 0.1) is 0 Å². The van der Waals surface area contributed by atoms with E-state index >= 15 is 0 Å². The van der Waals surface area contributed by atoms with E-state index in [0.717, 1.165) is 10.8 Å². The summed E-state index contributed by atoms with van der Waals surface area (Å²) in [4.78, 5) is 12.1. The molecule has 0 N–H and O–H groups in total. The van der Waals surface area contributed by atoms with Gasteiger partial charge in [0.25, 0.3) is 0 Å². The Kier molecular flexibility index (Phi) is 4.19. The molecule has 0 bridgehead atoms. The van der Waals surface area contributed by atoms with E-state index in [2.05, 4.69) is 4.74 Å². The number of carbonyl (C=O) groups is 1. The van der Waals surface area contributed by atoms with Crippen LogP contribution in [-0.2, 0) is 0 Å². The monoisotopic (exact) mass is 314 g/mol. The van der Waals surface area contributed by atoms with Crippen LogP contribution in [0.25, 0.3) is 10.8 Å². The third-order valence-corrected chi connectivity index (χ3v) is 3.23. The van der Waals surface area contributed by atoms with Crippen molar-refractivity contribution in [1.82, 2.24) is 0 Å². The van der Waals surface area contributed by atoms with E-state index in [1.54, 1.807) is 12.1 Å². The van der Waals surface area contributed by atoms with Gasteiger partial charge in [0, 0.05) is 0 Å². The summed E-state index contributed by atoms with van der Waals surface area (Å²) in [7, 11) is 0. The zero-order valence-electron chi connectivity index (χ0n) is 11.9. The molecule has 5 heteroatoms. The average Bonchev–Trinajstić information content (AvgIpc) is 2.54. The summed E-state index contributed by atoms with van der Waals surface area (Å²) in [5, 5.41) is 1.97. The largest absolute Gasteiger partial charge is 0.435 e. The molecule has 0 radical (unpaired) electrons. The van der Waals surface area contributed by atoms with Gasteiger partial charge in [-0.2, -0.15) is 8.78 Å². The van der Waals surface area contributed by atoms with Crippen molar-refractivity contribution in [1.29, 1.82) is 0 Å². The Morgan fingerprint density at radius 1 is 0.826 bits per heavy atom. The highest BCUT2D eigenvalue weighted by atomic mass is 19.3. The number of rotatable bonds is 4. The lowest BCUT2D eigenvalue weighted by Gasteiger charge is -2.08. The van der Waals surface area contributed by atoms with Gasteiger partial charge in [-0.15, -0.1) is 0 Å². The highest BCUT2D eigenvalue weighted by Crippen LogP contribution is 2.22. The Balaban J connectivity index is 1.80. The first kappa shape index (κ1) is 15.0. The molecule has 3 aromatic rings. The van der Waals surface area contributed by atoms with Crippen molar-refractivity contribution in [3.63, 3.8) is 0 Å². The molecule has 0 aliphatic heterocycles. The molecule has 0 spiro atoms. The summed E-state index contributed by atoms with van der Waals surface area (Å²) in [5.74, 6) is -0.346. The van der Waals surface area contributed by atoms with Crippen LogP contribution in [0.1, 0.15) is 10.4 Å². The second-order valence-electron chi connectivity index (χ2n) is 4.80. The Labute approximate surface area is 131 Å². The first-order valence-electron chi connectivity index (χ1n) is 6.88. The molecule has 0 saturated carbocycles. The predicted octanol–water partition coefficient (Wildman–Crippen LogP) is 4.66. The Hall–Kier alpha value is -2.95. The van der Waals surface area contributed by atoms with Crippen molar-refractivity contribution in [2.24, 2.45) is 0 Å². The van der Waals surface area contributed by atoms with Crippen molar-refractivity contribution < 1.29 is 23.0 Å². The Morgan fingerprint density at radius 3 is 2.39 bits per heavy atom. The maximum atomic E-state index is 12.2. The maximum absolute atomic E-state index is 12.2. The lowest BCUT2D eigenvalue weighted by Crippen LogP contribution is -2.09. The summed E-state index contributed by atoms with van der Waals surface area (Å²) in [6.07, 6.45) is 0. The van der Waals surface area contributed by atoms with Gasteiger partial charge in [0.05, 0.1) is 5.56 Å². The average molecular weight is 314 g/mol. The Morgan fingerprint density at radius 2 is 1.61 bits per heavy atom. The van der Waals surface area contributed by atoms with Gasteiger partial charge in [0.1, 0.15) is 11.5 Å². The van der Waals surface area contributed by atoms with Crippen LogP contribution < -0.4 is 9.47 Å². The van der Waals surface area contributed by atoms with Gasteiger partial charge in [-0.05, 0) is 41.1 Å². The second-order valence-corrected chi connectivity index (χ2v) is 4.80. The number of benzene rings is 3. The van der Waals surface area contributed by atoms with E-state index in [1.165, 1.54) is 24.3 Å². The third-order valence-electron chi connectivity index (χ3n) is 3.23. The van der Waals surface area contributed by atoms with E-state index < -0.39 is 12.6 Å². The van der Waals surface area contributed by atoms with Gasteiger partial charge in [0.15, 0.2) is 0 Å². The molecule has 0 atom stereocenters. The molecule has 0 heterocycles. The van der Waals surface area contributed by atoms with E-state index in [9.17, 15) is 13.6 Å². The van der Waals surface area contributed by atoms with Gasteiger partial charge in [0.2, 0.25) is 0 Å². The fourth-order valence-electron chi connectivity index (χ4n) is 2.20. The van der Waals surface area contributed by atoms with Crippen molar-refractivity contribution in [2.45, 2.75) is 6.61 Å². The molecule has 0 aliphatic carbocycles. The number of carbonyl (C=O) groups excluding carboxylic acids is 1. The van der Waals surface area contributed by atoms with Gasteiger partial charge < -0.3 is 9.47 Å². The molecule has 116 valence electrons. The molecule has 23 heavy (non-hydrogen) atoms. The molecular formula is C18H12F2O3. The fraction of sp³-hybridized carbons (Fsp3) is 0.0556. The molecule has 3 nitrogen and oxygen atoms in total. The second kappa shape index (κ2) is 6.44. The molecular weight excluding hydrogens is 302 g/mol. The molecule has 0 amide bonds. The number of esters is 1. The fourth-order valence-corrected chi connectivity index (χ4v) is 2.20. The highest BCUT2D eigenvalue weighted by Gasteiger charge is 2.12. The third kappa shape index (κ3) is 3.63. The van der Waals surface area contributed by atoms with Crippen LogP contribution in [0.5, 0.6) is 11.5 Å². The lowest BCUT2D eigenvalue weighted by atomic mass is 10.1. The number of fused-ring (bicyclic) bond motifs is 1. The topological polar surface area (TPSA) is 35.5 Å². The minimum absolute atomic E-state index is 0.0899. The summed E-state index contributed by atoms with van der Waals surface area (Å²) in [6, 6.07) is 18.4. The Bertz CT molecular complexity index is 846. The smallest absolute Gasteiger partial charge is 0.387 e. The van der Waals surface area contributed by atoms with Crippen molar-refractivity contribution >= 4 is 16.7 Å². The number of hydrogen-bond acceptors (Lipinski definition) is 3. The lowest BCUT2D eigenvalue weighted by molar-refractivity contribution is -0.0499. The zero-order chi connectivity index (χ0) is 16.2. The van der Waals surface area contributed by atoms with Crippen molar-refractivity contribution in [2.75, 3.05) is 0 Å². The van der Waals surface area contributed by atoms with Gasteiger partial charge in [-0.3, -0.25) is 0 Å². The number of halogens is 2. The first-order chi connectivity index (χ1) is 11.1. The molecule has 3 aromatic carbocycles. The minimum atomic E-state index is -2.94. The first-order valence-corrected chi connectivity index (χ1v) is 6.88. The maximum Gasteiger partial charge on any atom is 0.387 e. The molecule has 0 saturated heterocycles. The molecule has 0 fully saturated rings. The number of alkyl halides is 2. The van der Waals surface area contributed by atoms with Crippen molar-refractivity contribution in [3.8, 4) is 11.5 Å². The normalized spacial score (nSPS) is 10.7. The molecule has 0 aromatic heterocycles. The predicted molar refractivity (Wildman–Crippen MR) is 82.0 cm³/mol. The van der Waals surface area contributed by atoms with Crippen molar-refractivity contribution in [3.05, 3.63) is 72.3 Å². The molecule has 3 rings (SSSR count). The van der Waals surface area contributed by atoms with Gasteiger partial charge in [-0.25, -0.2) is 4.79 Å². The zero-order valence-corrected chi connectivity index (χ0v) is 11.9. The quantitative estimate of drug-likeness (QED) is 0.519. The SMILES string of the molecule is O=C(Oc1ccc2ccccc2c1)c1cccc(OC(F)F)c1. The molecule has 0 aliphatic rings. The number of ether oxygens (including phenoxy) is 2. The van der Waals surface area contributed by atoms with E-state index in [4.69, 9.17) is 4.74 Å². The van der Waals surface area contributed by atoms with Crippen LogP contribution >= 0.6 is 0 Å². The van der Waals surface area contributed by atoms with Gasteiger partial charge in [-0.1, -0.05) is 36.4 Å². The van der Waals surface area contributed by atoms with Crippen LogP contribution in [0.2, 0.25) is 0 Å². The van der Waals surface area contributed by atoms with Crippen LogP contribution in [0.15, 0.2) is 66.7 Å². The summed E-state index contributed by atoms with van der Waals surface area (Å²) in [5.41, 5.74) is 0.135.